The van der Waals surface area contributed by atoms with Crippen LogP contribution in [0.15, 0.2) is 24.4 Å². The Morgan fingerprint density at radius 3 is 2.59 bits per heavy atom. The van der Waals surface area contributed by atoms with Gasteiger partial charge in [-0.15, -0.1) is 0 Å². The first-order valence-corrected chi connectivity index (χ1v) is 11.3. The highest BCUT2D eigenvalue weighted by Gasteiger charge is 2.50. The van der Waals surface area contributed by atoms with Crippen molar-refractivity contribution in [2.45, 2.75) is 51.5 Å². The summed E-state index contributed by atoms with van der Waals surface area (Å²) in [7, 11) is 0. The fraction of sp³-hybridized carbons (Fsp3) is 0.652. The highest BCUT2D eigenvalue weighted by molar-refractivity contribution is 5.93. The fourth-order valence-corrected chi connectivity index (χ4v) is 6.64. The topological polar surface area (TPSA) is 84.4 Å². The van der Waals surface area contributed by atoms with E-state index >= 15 is 0 Å². The predicted molar refractivity (Wildman–Crippen MR) is 114 cm³/mol. The van der Waals surface area contributed by atoms with Crippen molar-refractivity contribution < 1.29 is 4.79 Å². The van der Waals surface area contributed by atoms with Gasteiger partial charge >= 0.3 is 0 Å². The van der Waals surface area contributed by atoms with E-state index < -0.39 is 0 Å². The number of hydrogen-bond donors (Lipinski definition) is 3. The van der Waals surface area contributed by atoms with Crippen molar-refractivity contribution in [1.82, 2.24) is 20.0 Å². The van der Waals surface area contributed by atoms with Crippen LogP contribution in [0, 0.1) is 23.2 Å². The number of pyridine rings is 1. The van der Waals surface area contributed by atoms with E-state index in [2.05, 4.69) is 15.6 Å². The SMILES string of the molecule is NCCCNCc1cn2c(C(=O)NCC34CC5CC(CC(C5)C3)C4)cccc2n1. The van der Waals surface area contributed by atoms with Crippen molar-refractivity contribution in [1.29, 1.82) is 0 Å². The molecule has 0 aromatic carbocycles. The molecule has 0 unspecified atom stereocenters. The largest absolute Gasteiger partial charge is 0.350 e. The second-order valence-corrected chi connectivity index (χ2v) is 9.79. The van der Waals surface area contributed by atoms with Crippen LogP contribution in [-0.2, 0) is 6.54 Å². The molecule has 4 N–H and O–H groups in total. The second-order valence-electron chi connectivity index (χ2n) is 9.79. The minimum Gasteiger partial charge on any atom is -0.350 e. The summed E-state index contributed by atoms with van der Waals surface area (Å²) in [5, 5.41) is 6.66. The summed E-state index contributed by atoms with van der Waals surface area (Å²) in [5.41, 5.74) is 8.34. The Labute approximate surface area is 172 Å². The van der Waals surface area contributed by atoms with E-state index in [1.165, 1.54) is 38.5 Å². The molecule has 156 valence electrons. The highest BCUT2D eigenvalue weighted by atomic mass is 16.1. The summed E-state index contributed by atoms with van der Waals surface area (Å²) in [4.78, 5) is 17.7. The lowest BCUT2D eigenvalue weighted by molar-refractivity contribution is -0.0503. The third kappa shape index (κ3) is 3.80. The molecule has 0 spiro atoms. The van der Waals surface area contributed by atoms with E-state index in [1.54, 1.807) is 0 Å². The summed E-state index contributed by atoms with van der Waals surface area (Å²) >= 11 is 0. The maximum Gasteiger partial charge on any atom is 0.268 e. The van der Waals surface area contributed by atoms with Crippen LogP contribution >= 0.6 is 0 Å². The maximum absolute atomic E-state index is 13.1. The summed E-state index contributed by atoms with van der Waals surface area (Å²) in [6.07, 6.45) is 11.2. The molecule has 6 rings (SSSR count). The van der Waals surface area contributed by atoms with E-state index in [1.807, 2.05) is 28.8 Å². The number of nitrogens with zero attached hydrogens (tertiary/aromatic N) is 2. The van der Waals surface area contributed by atoms with E-state index in [4.69, 9.17) is 5.73 Å². The number of carbonyl (C=O) groups excluding carboxylic acids is 1. The molecule has 4 bridgehead atoms. The molecule has 1 amide bonds. The number of amides is 1. The average molecular weight is 396 g/mol. The number of hydrogen-bond acceptors (Lipinski definition) is 4. The van der Waals surface area contributed by atoms with Gasteiger partial charge in [0.1, 0.15) is 11.3 Å². The zero-order valence-corrected chi connectivity index (χ0v) is 17.2. The third-order valence-corrected chi connectivity index (χ3v) is 7.43. The molecule has 2 aromatic heterocycles. The molecule has 6 nitrogen and oxygen atoms in total. The van der Waals surface area contributed by atoms with Crippen molar-refractivity contribution in [3.63, 3.8) is 0 Å². The highest BCUT2D eigenvalue weighted by Crippen LogP contribution is 2.59. The molecule has 4 aliphatic rings. The first-order valence-electron chi connectivity index (χ1n) is 11.3. The van der Waals surface area contributed by atoms with Gasteiger partial charge in [-0.25, -0.2) is 4.98 Å². The first kappa shape index (κ1) is 19.1. The van der Waals surface area contributed by atoms with E-state index in [-0.39, 0.29) is 5.91 Å². The molecule has 29 heavy (non-hydrogen) atoms. The third-order valence-electron chi connectivity index (χ3n) is 7.43. The van der Waals surface area contributed by atoms with Gasteiger partial charge in [-0.3, -0.25) is 9.20 Å². The second kappa shape index (κ2) is 7.73. The van der Waals surface area contributed by atoms with E-state index in [0.717, 1.165) is 48.6 Å². The number of nitrogens with two attached hydrogens (primary N) is 1. The molecular weight excluding hydrogens is 362 g/mol. The van der Waals surface area contributed by atoms with Gasteiger partial charge in [0.15, 0.2) is 0 Å². The van der Waals surface area contributed by atoms with Gasteiger partial charge in [-0.05, 0) is 93.3 Å². The Morgan fingerprint density at radius 2 is 1.90 bits per heavy atom. The summed E-state index contributed by atoms with van der Waals surface area (Å²) in [5.74, 6) is 2.74. The van der Waals surface area contributed by atoms with Crippen LogP contribution in [-0.4, -0.2) is 34.9 Å². The normalized spacial score (nSPS) is 30.2. The molecule has 0 radical (unpaired) electrons. The zero-order chi connectivity index (χ0) is 19.8. The van der Waals surface area contributed by atoms with Crippen molar-refractivity contribution in [3.8, 4) is 0 Å². The monoisotopic (exact) mass is 395 g/mol. The van der Waals surface area contributed by atoms with E-state index in [9.17, 15) is 4.79 Å². The lowest BCUT2D eigenvalue weighted by Gasteiger charge is -2.56. The molecular formula is C23H33N5O. The van der Waals surface area contributed by atoms with Gasteiger partial charge in [0.2, 0.25) is 0 Å². The van der Waals surface area contributed by atoms with Crippen LogP contribution in [0.25, 0.3) is 5.65 Å². The molecule has 4 aliphatic carbocycles. The van der Waals surface area contributed by atoms with Gasteiger partial charge in [-0.1, -0.05) is 6.07 Å². The van der Waals surface area contributed by atoms with Gasteiger partial charge in [0.05, 0.1) is 5.69 Å². The van der Waals surface area contributed by atoms with Crippen LogP contribution in [0.4, 0.5) is 0 Å². The maximum atomic E-state index is 13.1. The van der Waals surface area contributed by atoms with Crippen molar-refractivity contribution in [2.24, 2.45) is 28.9 Å². The average Bonchev–Trinajstić information content (AvgIpc) is 3.11. The van der Waals surface area contributed by atoms with Gasteiger partial charge < -0.3 is 16.4 Å². The minimum absolute atomic E-state index is 0.0198. The van der Waals surface area contributed by atoms with Crippen LogP contribution in [0.3, 0.4) is 0 Å². The molecule has 4 fully saturated rings. The van der Waals surface area contributed by atoms with Gasteiger partial charge in [-0.2, -0.15) is 0 Å². The minimum atomic E-state index is 0.0198. The number of aromatic nitrogens is 2. The smallest absolute Gasteiger partial charge is 0.268 e. The van der Waals surface area contributed by atoms with Gasteiger partial charge in [0, 0.05) is 19.3 Å². The predicted octanol–water partition coefficient (Wildman–Crippen LogP) is 2.72. The Hall–Kier alpha value is -1.92. The summed E-state index contributed by atoms with van der Waals surface area (Å²) in [6.45, 7) is 3.08. The standard InChI is InChI=1S/C23H33N5O/c24-5-2-6-25-13-19-14-28-20(3-1-4-21(28)27-19)22(29)26-15-23-10-16-7-17(11-23)9-18(8-16)12-23/h1,3-4,14,16-18,25H,2,5-13,15,24H2,(H,26,29). The van der Waals surface area contributed by atoms with E-state index in [0.29, 0.717) is 24.2 Å². The lowest BCUT2D eigenvalue weighted by Crippen LogP contribution is -2.51. The zero-order valence-electron chi connectivity index (χ0n) is 17.2. The number of carbonyl (C=O) groups is 1. The number of imidazole rings is 1. The van der Waals surface area contributed by atoms with Crippen LogP contribution in [0.1, 0.15) is 61.1 Å². The van der Waals surface area contributed by atoms with Crippen LogP contribution in [0.2, 0.25) is 0 Å². The van der Waals surface area contributed by atoms with Crippen molar-refractivity contribution in [2.75, 3.05) is 19.6 Å². The van der Waals surface area contributed by atoms with Crippen LogP contribution < -0.4 is 16.4 Å². The lowest BCUT2D eigenvalue weighted by atomic mass is 9.49. The molecule has 0 saturated heterocycles. The van der Waals surface area contributed by atoms with Crippen LogP contribution in [0.5, 0.6) is 0 Å². The summed E-state index contributed by atoms with van der Waals surface area (Å²) < 4.78 is 1.93. The Kier molecular flexibility index (Phi) is 5.08. The molecule has 2 heterocycles. The molecule has 0 atom stereocenters. The quantitative estimate of drug-likeness (QED) is 0.600. The molecule has 6 heteroatoms. The first-order chi connectivity index (χ1) is 14.1. The molecule has 2 aromatic rings. The fourth-order valence-electron chi connectivity index (χ4n) is 6.64. The Balaban J connectivity index is 1.27. The molecule has 0 aliphatic heterocycles. The number of nitrogens with one attached hydrogen (secondary N) is 2. The molecule has 4 saturated carbocycles. The van der Waals surface area contributed by atoms with Crippen molar-refractivity contribution >= 4 is 11.6 Å². The number of fused-ring (bicyclic) bond motifs is 1. The Morgan fingerprint density at radius 1 is 1.17 bits per heavy atom. The number of rotatable bonds is 8. The van der Waals surface area contributed by atoms with Crippen molar-refractivity contribution in [3.05, 3.63) is 35.8 Å². The van der Waals surface area contributed by atoms with Gasteiger partial charge in [0.25, 0.3) is 5.91 Å². The Bertz CT molecular complexity index is 853. The summed E-state index contributed by atoms with van der Waals surface area (Å²) in [6, 6.07) is 5.78.